The van der Waals surface area contributed by atoms with Crippen LogP contribution in [-0.4, -0.2) is 4.98 Å². The number of aryl methyl sites for hydroxylation is 1. The second-order valence-electron chi connectivity index (χ2n) is 7.41. The van der Waals surface area contributed by atoms with Gasteiger partial charge in [-0.15, -0.1) is 0 Å². The van der Waals surface area contributed by atoms with Crippen molar-refractivity contribution in [2.24, 2.45) is 0 Å². The Hall–Kier alpha value is -3.71. The van der Waals surface area contributed by atoms with Gasteiger partial charge < -0.3 is 0 Å². The first-order chi connectivity index (χ1) is 14.3. The van der Waals surface area contributed by atoms with Crippen molar-refractivity contribution >= 4 is 10.9 Å². The number of rotatable bonds is 3. The normalized spacial score (nSPS) is 10.9. The highest BCUT2D eigenvalue weighted by Crippen LogP contribution is 2.31. The predicted octanol–water partition coefficient (Wildman–Crippen LogP) is 7.54. The SMILES string of the molecule is Cc1cc(-c2ccccc2)cc(-c2ccc(-c3cccc4cccnc34)cc2)c1. The Kier molecular flexibility index (Phi) is 4.42. The van der Waals surface area contributed by atoms with Gasteiger partial charge in [-0.1, -0.05) is 91.0 Å². The first-order valence-corrected chi connectivity index (χ1v) is 9.90. The number of para-hydroxylation sites is 1. The van der Waals surface area contributed by atoms with Crippen LogP contribution in [0, 0.1) is 6.92 Å². The van der Waals surface area contributed by atoms with Gasteiger partial charge in [0.2, 0.25) is 0 Å². The van der Waals surface area contributed by atoms with Crippen LogP contribution in [0.1, 0.15) is 5.56 Å². The lowest BCUT2D eigenvalue weighted by atomic mass is 9.95. The molecule has 29 heavy (non-hydrogen) atoms. The van der Waals surface area contributed by atoms with E-state index >= 15 is 0 Å². The Balaban J connectivity index is 1.55. The summed E-state index contributed by atoms with van der Waals surface area (Å²) in [5, 5.41) is 1.17. The summed E-state index contributed by atoms with van der Waals surface area (Å²) in [5.41, 5.74) is 9.64. The van der Waals surface area contributed by atoms with Crippen molar-refractivity contribution in [1.82, 2.24) is 4.98 Å². The summed E-state index contributed by atoms with van der Waals surface area (Å²) in [6.07, 6.45) is 1.86. The molecule has 0 radical (unpaired) electrons. The van der Waals surface area contributed by atoms with Crippen LogP contribution in [0.4, 0.5) is 0 Å². The Morgan fingerprint density at radius 3 is 1.93 bits per heavy atom. The van der Waals surface area contributed by atoms with Crippen molar-refractivity contribution in [3.05, 3.63) is 115 Å². The third-order valence-electron chi connectivity index (χ3n) is 5.35. The van der Waals surface area contributed by atoms with Crippen LogP contribution in [0.15, 0.2) is 109 Å². The van der Waals surface area contributed by atoms with Crippen LogP contribution in [-0.2, 0) is 0 Å². The van der Waals surface area contributed by atoms with E-state index < -0.39 is 0 Å². The monoisotopic (exact) mass is 371 g/mol. The van der Waals surface area contributed by atoms with Crippen LogP contribution in [0.5, 0.6) is 0 Å². The Bertz CT molecular complexity index is 1280. The van der Waals surface area contributed by atoms with Crippen molar-refractivity contribution in [2.45, 2.75) is 6.92 Å². The van der Waals surface area contributed by atoms with Crippen molar-refractivity contribution in [1.29, 1.82) is 0 Å². The third-order valence-corrected chi connectivity index (χ3v) is 5.35. The zero-order valence-electron chi connectivity index (χ0n) is 16.3. The minimum absolute atomic E-state index is 1.05. The molecule has 1 aromatic heterocycles. The highest BCUT2D eigenvalue weighted by Gasteiger charge is 2.07. The number of benzene rings is 4. The summed E-state index contributed by atoms with van der Waals surface area (Å²) >= 11 is 0. The molecule has 0 spiro atoms. The standard InChI is InChI=1S/C28H21N/c1-20-17-25(21-7-3-2-4-8-21)19-26(18-20)22-12-14-23(15-13-22)27-11-5-9-24-10-6-16-29-28(24)27/h2-19H,1H3. The average molecular weight is 371 g/mol. The maximum absolute atomic E-state index is 4.59. The van der Waals surface area contributed by atoms with E-state index in [1.54, 1.807) is 0 Å². The molecule has 5 aromatic rings. The second kappa shape index (κ2) is 7.37. The molecule has 1 heteroatoms. The van der Waals surface area contributed by atoms with E-state index in [0.717, 1.165) is 5.52 Å². The minimum Gasteiger partial charge on any atom is -0.256 e. The number of hydrogen-bond acceptors (Lipinski definition) is 1. The summed E-state index contributed by atoms with van der Waals surface area (Å²) in [7, 11) is 0. The zero-order chi connectivity index (χ0) is 19.6. The largest absolute Gasteiger partial charge is 0.256 e. The Labute approximate surface area is 171 Å². The summed E-state index contributed by atoms with van der Waals surface area (Å²) in [5.74, 6) is 0. The van der Waals surface area contributed by atoms with Gasteiger partial charge in [-0.2, -0.15) is 0 Å². The maximum Gasteiger partial charge on any atom is 0.0780 e. The molecule has 5 rings (SSSR count). The van der Waals surface area contributed by atoms with Gasteiger partial charge in [0.25, 0.3) is 0 Å². The van der Waals surface area contributed by atoms with Gasteiger partial charge >= 0.3 is 0 Å². The van der Waals surface area contributed by atoms with Gasteiger partial charge in [0.05, 0.1) is 5.52 Å². The molecule has 0 aliphatic heterocycles. The topological polar surface area (TPSA) is 12.9 Å². The number of aromatic nitrogens is 1. The molecule has 1 heterocycles. The van der Waals surface area contributed by atoms with Crippen LogP contribution < -0.4 is 0 Å². The highest BCUT2D eigenvalue weighted by atomic mass is 14.6. The first-order valence-electron chi connectivity index (χ1n) is 9.90. The van der Waals surface area contributed by atoms with E-state index in [0.29, 0.717) is 0 Å². The number of nitrogens with zero attached hydrogens (tertiary/aromatic N) is 1. The molecule has 138 valence electrons. The third kappa shape index (κ3) is 3.43. The Morgan fingerprint density at radius 2 is 1.17 bits per heavy atom. The maximum atomic E-state index is 4.59. The zero-order valence-corrected chi connectivity index (χ0v) is 16.3. The van der Waals surface area contributed by atoms with Crippen LogP contribution in [0.25, 0.3) is 44.3 Å². The van der Waals surface area contributed by atoms with E-state index in [1.807, 2.05) is 12.3 Å². The molecule has 0 bridgehead atoms. The van der Waals surface area contributed by atoms with Crippen LogP contribution in [0.3, 0.4) is 0 Å². The van der Waals surface area contributed by atoms with Crippen molar-refractivity contribution in [3.63, 3.8) is 0 Å². The predicted molar refractivity (Wildman–Crippen MR) is 123 cm³/mol. The molecule has 0 saturated carbocycles. The van der Waals surface area contributed by atoms with E-state index in [4.69, 9.17) is 0 Å². The second-order valence-corrected chi connectivity index (χ2v) is 7.41. The van der Waals surface area contributed by atoms with Gasteiger partial charge in [-0.25, -0.2) is 0 Å². The molecule has 0 saturated heterocycles. The molecular weight excluding hydrogens is 350 g/mol. The number of pyridine rings is 1. The van der Waals surface area contributed by atoms with E-state index in [1.165, 1.54) is 44.3 Å². The van der Waals surface area contributed by atoms with E-state index in [2.05, 4.69) is 109 Å². The molecule has 0 atom stereocenters. The fourth-order valence-electron chi connectivity index (χ4n) is 3.93. The van der Waals surface area contributed by atoms with E-state index in [-0.39, 0.29) is 0 Å². The lowest BCUT2D eigenvalue weighted by Gasteiger charge is -2.10. The van der Waals surface area contributed by atoms with Gasteiger partial charge in [0, 0.05) is 17.1 Å². The van der Waals surface area contributed by atoms with Gasteiger partial charge in [-0.3, -0.25) is 4.98 Å². The van der Waals surface area contributed by atoms with Crippen LogP contribution in [0.2, 0.25) is 0 Å². The van der Waals surface area contributed by atoms with Crippen LogP contribution >= 0.6 is 0 Å². The summed E-state index contributed by atoms with van der Waals surface area (Å²) in [4.78, 5) is 4.59. The van der Waals surface area contributed by atoms with Gasteiger partial charge in [0.15, 0.2) is 0 Å². The fraction of sp³-hybridized carbons (Fsp3) is 0.0357. The molecular formula is C28H21N. The highest BCUT2D eigenvalue weighted by molar-refractivity contribution is 5.93. The Morgan fingerprint density at radius 1 is 0.517 bits per heavy atom. The molecule has 0 N–H and O–H groups in total. The summed E-state index contributed by atoms with van der Waals surface area (Å²) < 4.78 is 0. The molecule has 0 fully saturated rings. The number of fused-ring (bicyclic) bond motifs is 1. The lowest BCUT2D eigenvalue weighted by molar-refractivity contribution is 1.41. The van der Waals surface area contributed by atoms with Crippen molar-refractivity contribution in [2.75, 3.05) is 0 Å². The molecule has 0 amide bonds. The average Bonchev–Trinajstić information content (AvgIpc) is 2.79. The minimum atomic E-state index is 1.05. The van der Waals surface area contributed by atoms with Gasteiger partial charge in [0.1, 0.15) is 0 Å². The first kappa shape index (κ1) is 17.4. The summed E-state index contributed by atoms with van der Waals surface area (Å²) in [6.45, 7) is 2.16. The van der Waals surface area contributed by atoms with Gasteiger partial charge in [-0.05, 0) is 52.4 Å². The van der Waals surface area contributed by atoms with Crippen molar-refractivity contribution in [3.8, 4) is 33.4 Å². The molecule has 0 aliphatic carbocycles. The van der Waals surface area contributed by atoms with Crippen molar-refractivity contribution < 1.29 is 0 Å². The summed E-state index contributed by atoms with van der Waals surface area (Å²) in [6, 6.07) is 36.6. The molecule has 0 unspecified atom stereocenters. The number of hydrogen-bond donors (Lipinski definition) is 0. The quantitative estimate of drug-likeness (QED) is 0.319. The molecule has 4 aromatic carbocycles. The fourth-order valence-corrected chi connectivity index (χ4v) is 3.93. The molecule has 1 nitrogen and oxygen atoms in total. The molecule has 0 aliphatic rings. The van der Waals surface area contributed by atoms with E-state index in [9.17, 15) is 0 Å². The lowest BCUT2D eigenvalue weighted by Crippen LogP contribution is -1.86. The smallest absolute Gasteiger partial charge is 0.0780 e.